The van der Waals surface area contributed by atoms with E-state index in [1.165, 1.54) is 32.1 Å². The second-order valence-electron chi connectivity index (χ2n) is 8.59. The second-order valence-corrected chi connectivity index (χ2v) is 8.59. The third-order valence-electron chi connectivity index (χ3n) is 6.94. The Morgan fingerprint density at radius 1 is 1.05 bits per heavy atom. The molecule has 5 fully saturated rings. The molecule has 0 radical (unpaired) electrons. The summed E-state index contributed by atoms with van der Waals surface area (Å²) in [5, 5.41) is 6.94. The average Bonchev–Trinajstić information content (AvgIpc) is 2.91. The van der Waals surface area contributed by atoms with E-state index in [-0.39, 0.29) is 6.04 Å². The van der Waals surface area contributed by atoms with Crippen LogP contribution in [0.25, 0.3) is 0 Å². The summed E-state index contributed by atoms with van der Waals surface area (Å²) in [5.74, 6) is 4.93. The van der Waals surface area contributed by atoms with Crippen LogP contribution in [0.15, 0.2) is 0 Å². The Hall–Kier alpha value is -0.570. The van der Waals surface area contributed by atoms with Gasteiger partial charge in [-0.3, -0.25) is 4.79 Å². The Balaban J connectivity index is 1.43. The second kappa shape index (κ2) is 5.26. The fraction of sp³-hybridized carbons (Fsp3) is 0.944. The topological polar surface area (TPSA) is 41.1 Å². The van der Waals surface area contributed by atoms with Crippen molar-refractivity contribution in [3.63, 3.8) is 0 Å². The van der Waals surface area contributed by atoms with Gasteiger partial charge in [-0.2, -0.15) is 0 Å². The number of amides is 1. The first-order valence-electron chi connectivity index (χ1n) is 9.15. The van der Waals surface area contributed by atoms with E-state index in [1.54, 1.807) is 0 Å². The van der Waals surface area contributed by atoms with Crippen LogP contribution in [0.2, 0.25) is 0 Å². The molecule has 4 bridgehead atoms. The van der Waals surface area contributed by atoms with Crippen LogP contribution in [0.1, 0.15) is 52.4 Å². The molecular weight excluding hydrogens is 260 g/mol. The summed E-state index contributed by atoms with van der Waals surface area (Å²) in [5.41, 5.74) is 0. The molecule has 1 amide bonds. The minimum absolute atomic E-state index is 0.0576. The summed E-state index contributed by atoms with van der Waals surface area (Å²) in [6.45, 7) is 5.50. The van der Waals surface area contributed by atoms with Gasteiger partial charge in [0.15, 0.2) is 0 Å². The molecule has 0 aromatic rings. The normalized spacial score (nSPS) is 48.0. The van der Waals surface area contributed by atoms with E-state index in [4.69, 9.17) is 0 Å². The summed E-state index contributed by atoms with van der Waals surface area (Å²) in [7, 11) is 0. The molecule has 5 aliphatic rings. The predicted octanol–water partition coefficient (Wildman–Crippen LogP) is 2.56. The molecule has 3 heteroatoms. The Kier molecular flexibility index (Phi) is 3.52. The van der Waals surface area contributed by atoms with Crippen molar-refractivity contribution in [2.24, 2.45) is 35.5 Å². The Morgan fingerprint density at radius 2 is 1.67 bits per heavy atom. The lowest BCUT2D eigenvalue weighted by Crippen LogP contribution is -2.58. The first-order valence-corrected chi connectivity index (χ1v) is 9.15. The molecule has 118 valence electrons. The third kappa shape index (κ3) is 2.42. The van der Waals surface area contributed by atoms with Crippen molar-refractivity contribution in [3.05, 3.63) is 0 Å². The van der Waals surface area contributed by atoms with Crippen molar-refractivity contribution in [2.45, 2.75) is 64.5 Å². The minimum Gasteiger partial charge on any atom is -0.351 e. The summed E-state index contributed by atoms with van der Waals surface area (Å²) < 4.78 is 0. The van der Waals surface area contributed by atoms with Crippen LogP contribution in [0, 0.1) is 35.5 Å². The zero-order valence-electron chi connectivity index (χ0n) is 13.5. The highest BCUT2D eigenvalue weighted by molar-refractivity contribution is 5.82. The van der Waals surface area contributed by atoms with Crippen LogP contribution in [-0.2, 0) is 4.79 Å². The van der Waals surface area contributed by atoms with Crippen LogP contribution >= 0.6 is 0 Å². The number of carbonyl (C=O) groups excluding carboxylic acids is 1. The molecule has 1 aliphatic heterocycles. The molecule has 0 aromatic heterocycles. The fourth-order valence-electron chi connectivity index (χ4n) is 6.14. The Labute approximate surface area is 128 Å². The number of hydrogen-bond acceptors (Lipinski definition) is 2. The van der Waals surface area contributed by atoms with Crippen LogP contribution in [0.4, 0.5) is 0 Å². The molecular formula is C18H30N2O. The lowest BCUT2D eigenvalue weighted by molar-refractivity contribution is -0.128. The van der Waals surface area contributed by atoms with E-state index in [9.17, 15) is 4.79 Å². The number of nitrogens with one attached hydrogen (secondary N) is 2. The molecule has 2 atom stereocenters. The van der Waals surface area contributed by atoms with Crippen molar-refractivity contribution >= 4 is 5.91 Å². The summed E-state index contributed by atoms with van der Waals surface area (Å²) in [4.78, 5) is 12.8. The quantitative estimate of drug-likeness (QED) is 0.839. The molecule has 1 heterocycles. The fourth-order valence-corrected chi connectivity index (χ4v) is 6.14. The molecule has 0 unspecified atom stereocenters. The lowest BCUT2D eigenvalue weighted by Gasteiger charge is -2.54. The van der Waals surface area contributed by atoms with E-state index < -0.39 is 0 Å². The molecule has 0 spiro atoms. The van der Waals surface area contributed by atoms with Gasteiger partial charge in [0.1, 0.15) is 0 Å². The first-order chi connectivity index (χ1) is 10.1. The van der Waals surface area contributed by atoms with Gasteiger partial charge < -0.3 is 10.6 Å². The Morgan fingerprint density at radius 3 is 2.24 bits per heavy atom. The molecule has 4 aliphatic carbocycles. The van der Waals surface area contributed by atoms with Crippen molar-refractivity contribution in [1.82, 2.24) is 10.6 Å². The highest BCUT2D eigenvalue weighted by atomic mass is 16.2. The van der Waals surface area contributed by atoms with Gasteiger partial charge in [-0.1, -0.05) is 13.8 Å². The number of rotatable bonds is 3. The highest BCUT2D eigenvalue weighted by Crippen LogP contribution is 2.53. The van der Waals surface area contributed by atoms with Crippen LogP contribution in [0.3, 0.4) is 0 Å². The maximum atomic E-state index is 12.8. The molecule has 2 N–H and O–H groups in total. The van der Waals surface area contributed by atoms with Crippen LogP contribution < -0.4 is 10.6 Å². The van der Waals surface area contributed by atoms with Crippen molar-refractivity contribution in [2.75, 3.05) is 6.54 Å². The van der Waals surface area contributed by atoms with Gasteiger partial charge in [0.2, 0.25) is 5.91 Å². The van der Waals surface area contributed by atoms with E-state index in [0.717, 1.165) is 36.6 Å². The zero-order valence-corrected chi connectivity index (χ0v) is 13.5. The molecule has 0 aromatic carbocycles. The van der Waals surface area contributed by atoms with E-state index >= 15 is 0 Å². The maximum Gasteiger partial charge on any atom is 0.237 e. The summed E-state index contributed by atoms with van der Waals surface area (Å²) >= 11 is 0. The largest absolute Gasteiger partial charge is 0.351 e. The van der Waals surface area contributed by atoms with E-state index in [0.29, 0.717) is 23.8 Å². The van der Waals surface area contributed by atoms with Gasteiger partial charge in [-0.05, 0) is 80.6 Å². The first kappa shape index (κ1) is 14.0. The number of hydrogen-bond donors (Lipinski definition) is 2. The highest BCUT2D eigenvalue weighted by Gasteiger charge is 2.49. The van der Waals surface area contributed by atoms with Crippen molar-refractivity contribution < 1.29 is 4.79 Å². The van der Waals surface area contributed by atoms with E-state index in [1.807, 2.05) is 0 Å². The van der Waals surface area contributed by atoms with Crippen LogP contribution in [-0.4, -0.2) is 24.5 Å². The Bertz CT molecular complexity index is 391. The molecule has 3 nitrogen and oxygen atoms in total. The molecule has 5 rings (SSSR count). The average molecular weight is 290 g/mol. The van der Waals surface area contributed by atoms with Gasteiger partial charge in [-0.15, -0.1) is 0 Å². The van der Waals surface area contributed by atoms with Gasteiger partial charge in [0, 0.05) is 6.04 Å². The maximum absolute atomic E-state index is 12.8. The van der Waals surface area contributed by atoms with Gasteiger partial charge in [0.05, 0.1) is 6.04 Å². The SMILES string of the molecule is CC(C)[C@H]1CCN[C@@H]1C(=O)NC1C2CC3CC(C2)CC1C3. The molecule has 4 saturated carbocycles. The molecule has 21 heavy (non-hydrogen) atoms. The molecule has 1 saturated heterocycles. The van der Waals surface area contributed by atoms with Crippen molar-refractivity contribution in [1.29, 1.82) is 0 Å². The van der Waals surface area contributed by atoms with Gasteiger partial charge in [-0.25, -0.2) is 0 Å². The van der Waals surface area contributed by atoms with E-state index in [2.05, 4.69) is 24.5 Å². The smallest absolute Gasteiger partial charge is 0.237 e. The monoisotopic (exact) mass is 290 g/mol. The van der Waals surface area contributed by atoms with Gasteiger partial charge in [0.25, 0.3) is 0 Å². The van der Waals surface area contributed by atoms with Crippen LogP contribution in [0.5, 0.6) is 0 Å². The van der Waals surface area contributed by atoms with Gasteiger partial charge >= 0.3 is 0 Å². The standard InChI is InChI=1S/C18H30N2O/c1-10(2)15-3-4-19-17(15)18(21)20-16-13-6-11-5-12(8-13)9-14(16)7-11/h10-17,19H,3-9H2,1-2H3,(H,20,21)/t11?,12?,13?,14?,15-,16?,17+/m1/s1. The lowest BCUT2D eigenvalue weighted by atomic mass is 9.54. The minimum atomic E-state index is 0.0576. The number of carbonyl (C=O) groups is 1. The zero-order chi connectivity index (χ0) is 14.6. The van der Waals surface area contributed by atoms with Crippen molar-refractivity contribution in [3.8, 4) is 0 Å². The predicted molar refractivity (Wildman–Crippen MR) is 83.7 cm³/mol. The summed E-state index contributed by atoms with van der Waals surface area (Å²) in [6.07, 6.45) is 8.14. The summed E-state index contributed by atoms with van der Waals surface area (Å²) in [6, 6.07) is 0.544. The third-order valence-corrected chi connectivity index (χ3v) is 6.94.